The van der Waals surface area contributed by atoms with Crippen LogP contribution in [0.15, 0.2) is 57.5 Å². The second kappa shape index (κ2) is 6.36. The molecule has 0 aliphatic rings. The number of rotatable bonds is 4. The number of nitrogens with one attached hydrogen (secondary N) is 1. The van der Waals surface area contributed by atoms with Crippen LogP contribution < -0.4 is 11.1 Å². The van der Waals surface area contributed by atoms with Crippen molar-refractivity contribution in [3.8, 4) is 0 Å². The van der Waals surface area contributed by atoms with Crippen molar-refractivity contribution < 1.29 is 0 Å². The van der Waals surface area contributed by atoms with Gasteiger partial charge in [-0.25, -0.2) is 0 Å². The molecule has 1 unspecified atom stereocenters. The molecule has 2 nitrogen and oxygen atoms in total. The van der Waals surface area contributed by atoms with Crippen LogP contribution in [0.3, 0.4) is 0 Å². The van der Waals surface area contributed by atoms with E-state index in [0.717, 1.165) is 20.2 Å². The molecule has 1 atom stereocenters. The van der Waals surface area contributed by atoms with Crippen LogP contribution >= 0.6 is 31.9 Å². The minimum absolute atomic E-state index is 0.0827. The van der Waals surface area contributed by atoms with Crippen molar-refractivity contribution in [2.45, 2.75) is 6.04 Å². The molecule has 18 heavy (non-hydrogen) atoms. The molecule has 0 saturated heterocycles. The summed E-state index contributed by atoms with van der Waals surface area (Å²) < 4.78 is 2.11. The van der Waals surface area contributed by atoms with Crippen LogP contribution in [0.25, 0.3) is 0 Å². The van der Waals surface area contributed by atoms with Gasteiger partial charge >= 0.3 is 0 Å². The quantitative estimate of drug-likeness (QED) is 0.841. The molecule has 0 aromatic heterocycles. The van der Waals surface area contributed by atoms with Gasteiger partial charge in [0.15, 0.2) is 0 Å². The summed E-state index contributed by atoms with van der Waals surface area (Å²) in [5.74, 6) is 0. The van der Waals surface area contributed by atoms with Crippen molar-refractivity contribution in [3.63, 3.8) is 0 Å². The molecule has 0 spiro atoms. The monoisotopic (exact) mass is 368 g/mol. The van der Waals surface area contributed by atoms with Crippen molar-refractivity contribution in [3.05, 3.63) is 63.0 Å². The topological polar surface area (TPSA) is 38.0 Å². The summed E-state index contributed by atoms with van der Waals surface area (Å²) in [7, 11) is 0. The lowest BCUT2D eigenvalue weighted by Gasteiger charge is -2.20. The highest BCUT2D eigenvalue weighted by Gasteiger charge is 2.13. The van der Waals surface area contributed by atoms with Crippen molar-refractivity contribution in [2.75, 3.05) is 11.9 Å². The summed E-state index contributed by atoms with van der Waals surface area (Å²) in [6.07, 6.45) is 0. The van der Waals surface area contributed by atoms with Crippen molar-refractivity contribution in [1.82, 2.24) is 0 Å². The van der Waals surface area contributed by atoms with Crippen LogP contribution in [0, 0.1) is 0 Å². The van der Waals surface area contributed by atoms with E-state index in [0.29, 0.717) is 6.54 Å². The van der Waals surface area contributed by atoms with Crippen LogP contribution in [-0.4, -0.2) is 6.54 Å². The Labute approximate surface area is 124 Å². The van der Waals surface area contributed by atoms with Gasteiger partial charge in [-0.15, -0.1) is 0 Å². The Morgan fingerprint density at radius 1 is 0.944 bits per heavy atom. The first-order valence-corrected chi connectivity index (χ1v) is 7.26. The third-order valence-electron chi connectivity index (χ3n) is 2.72. The largest absolute Gasteiger partial charge is 0.376 e. The third kappa shape index (κ3) is 3.13. The van der Waals surface area contributed by atoms with E-state index in [1.165, 1.54) is 0 Å². The van der Waals surface area contributed by atoms with E-state index in [1.54, 1.807) is 0 Å². The lowest BCUT2D eigenvalue weighted by Crippen LogP contribution is -2.21. The van der Waals surface area contributed by atoms with E-state index in [4.69, 9.17) is 5.73 Å². The minimum atomic E-state index is 0.0827. The van der Waals surface area contributed by atoms with Crippen LogP contribution in [0.1, 0.15) is 11.6 Å². The Hall–Kier alpha value is -0.840. The smallest absolute Gasteiger partial charge is 0.0647 e. The van der Waals surface area contributed by atoms with Gasteiger partial charge in [-0.1, -0.05) is 46.3 Å². The molecule has 0 saturated carbocycles. The summed E-state index contributed by atoms with van der Waals surface area (Å²) in [5.41, 5.74) is 8.08. The number of hydrogen-bond donors (Lipinski definition) is 2. The Morgan fingerprint density at radius 3 is 2.17 bits per heavy atom. The molecule has 0 amide bonds. The molecule has 2 rings (SSSR count). The van der Waals surface area contributed by atoms with E-state index < -0.39 is 0 Å². The van der Waals surface area contributed by atoms with Gasteiger partial charge in [0.25, 0.3) is 0 Å². The van der Waals surface area contributed by atoms with Crippen LogP contribution in [0.4, 0.5) is 5.69 Å². The zero-order valence-corrected chi connectivity index (χ0v) is 12.9. The van der Waals surface area contributed by atoms with Gasteiger partial charge in [-0.2, -0.15) is 0 Å². The Balaban J connectivity index is 2.26. The molecule has 0 aliphatic heterocycles. The number of para-hydroxylation sites is 1. The van der Waals surface area contributed by atoms with E-state index in [1.807, 2.05) is 42.5 Å². The number of benzene rings is 2. The van der Waals surface area contributed by atoms with E-state index in [-0.39, 0.29) is 6.04 Å². The van der Waals surface area contributed by atoms with E-state index in [9.17, 15) is 0 Å². The van der Waals surface area contributed by atoms with Gasteiger partial charge in [0, 0.05) is 21.2 Å². The Morgan fingerprint density at radius 2 is 1.56 bits per heavy atom. The van der Waals surface area contributed by atoms with Gasteiger partial charge in [0.1, 0.15) is 0 Å². The molecular formula is C14H14Br2N2. The highest BCUT2D eigenvalue weighted by Crippen LogP contribution is 2.29. The predicted molar refractivity (Wildman–Crippen MR) is 83.7 cm³/mol. The first-order chi connectivity index (χ1) is 8.72. The maximum atomic E-state index is 5.87. The SMILES string of the molecule is NCC(Nc1ccccc1Br)c1ccccc1Br. The van der Waals surface area contributed by atoms with Crippen LogP contribution in [-0.2, 0) is 0 Å². The molecule has 0 fully saturated rings. The molecule has 0 heterocycles. The minimum Gasteiger partial charge on any atom is -0.376 e. The average Bonchev–Trinajstić information content (AvgIpc) is 2.39. The Kier molecular flexibility index (Phi) is 4.80. The molecular weight excluding hydrogens is 356 g/mol. The average molecular weight is 370 g/mol. The van der Waals surface area contributed by atoms with Gasteiger partial charge in [-0.05, 0) is 39.7 Å². The highest BCUT2D eigenvalue weighted by molar-refractivity contribution is 9.10. The fourth-order valence-electron chi connectivity index (χ4n) is 1.79. The first-order valence-electron chi connectivity index (χ1n) is 5.68. The summed E-state index contributed by atoms with van der Waals surface area (Å²) in [4.78, 5) is 0. The highest BCUT2D eigenvalue weighted by atomic mass is 79.9. The molecule has 4 heteroatoms. The van der Waals surface area contributed by atoms with Crippen molar-refractivity contribution in [1.29, 1.82) is 0 Å². The molecule has 0 aliphatic carbocycles. The maximum Gasteiger partial charge on any atom is 0.0647 e. The number of nitrogens with two attached hydrogens (primary N) is 1. The molecule has 0 bridgehead atoms. The van der Waals surface area contributed by atoms with Gasteiger partial charge in [0.05, 0.1) is 6.04 Å². The standard InChI is InChI=1S/C14H14Br2N2/c15-11-6-2-1-5-10(11)14(9-17)18-13-8-4-3-7-12(13)16/h1-8,14,18H,9,17H2. The third-order valence-corrected chi connectivity index (χ3v) is 4.13. The molecule has 3 N–H and O–H groups in total. The summed E-state index contributed by atoms with van der Waals surface area (Å²) in [6.45, 7) is 0.532. The summed E-state index contributed by atoms with van der Waals surface area (Å²) >= 11 is 7.09. The van der Waals surface area contributed by atoms with Gasteiger partial charge in [0.2, 0.25) is 0 Å². The van der Waals surface area contributed by atoms with Crippen LogP contribution in [0.5, 0.6) is 0 Å². The van der Waals surface area contributed by atoms with Crippen LogP contribution in [0.2, 0.25) is 0 Å². The normalized spacial score (nSPS) is 12.2. The van der Waals surface area contributed by atoms with E-state index in [2.05, 4.69) is 43.2 Å². The lowest BCUT2D eigenvalue weighted by molar-refractivity contribution is 0.785. The maximum absolute atomic E-state index is 5.87. The molecule has 2 aromatic carbocycles. The van der Waals surface area contributed by atoms with E-state index >= 15 is 0 Å². The predicted octanol–water partition coefficient (Wildman–Crippen LogP) is 4.32. The zero-order chi connectivity index (χ0) is 13.0. The second-order valence-electron chi connectivity index (χ2n) is 3.93. The lowest BCUT2D eigenvalue weighted by atomic mass is 10.1. The molecule has 0 radical (unpaired) electrons. The van der Waals surface area contributed by atoms with Crippen molar-refractivity contribution >= 4 is 37.5 Å². The fraction of sp³-hybridized carbons (Fsp3) is 0.143. The second-order valence-corrected chi connectivity index (χ2v) is 5.64. The number of anilines is 1. The Bertz CT molecular complexity index is 529. The van der Waals surface area contributed by atoms with Gasteiger partial charge < -0.3 is 11.1 Å². The molecule has 94 valence electrons. The zero-order valence-electron chi connectivity index (χ0n) is 9.74. The summed E-state index contributed by atoms with van der Waals surface area (Å²) in [6, 6.07) is 16.2. The van der Waals surface area contributed by atoms with Gasteiger partial charge in [-0.3, -0.25) is 0 Å². The summed E-state index contributed by atoms with van der Waals surface area (Å²) in [5, 5.41) is 3.45. The van der Waals surface area contributed by atoms with Crippen molar-refractivity contribution in [2.24, 2.45) is 5.73 Å². The fourth-order valence-corrected chi connectivity index (χ4v) is 2.75. The number of hydrogen-bond acceptors (Lipinski definition) is 2. The number of halogens is 2. The first kappa shape index (κ1) is 13.6. The molecule has 2 aromatic rings.